The Morgan fingerprint density at radius 2 is 2.23 bits per heavy atom. The lowest BCUT2D eigenvalue weighted by Gasteiger charge is -2.33. The number of aryl methyl sites for hydroxylation is 1. The number of nitrogens with zero attached hydrogens (tertiary/aromatic N) is 6. The Morgan fingerprint density at radius 1 is 1.27 bits per heavy atom. The molecule has 0 saturated carbocycles. The van der Waals surface area contributed by atoms with Crippen LogP contribution < -0.4 is 4.90 Å². The molecule has 0 N–H and O–H groups in total. The zero-order valence-corrected chi connectivity index (χ0v) is 12.6. The SMILES string of the molecule is Cc1nc([C@@H]2CCCN(c3ccncn3)C2)cc2cncn12. The van der Waals surface area contributed by atoms with Gasteiger partial charge >= 0.3 is 0 Å². The summed E-state index contributed by atoms with van der Waals surface area (Å²) >= 11 is 0. The smallest absolute Gasteiger partial charge is 0.131 e. The van der Waals surface area contributed by atoms with Crippen molar-refractivity contribution >= 4 is 11.3 Å². The number of aromatic nitrogens is 5. The van der Waals surface area contributed by atoms with Gasteiger partial charge in [0.2, 0.25) is 0 Å². The van der Waals surface area contributed by atoms with Crippen LogP contribution in [-0.2, 0) is 0 Å². The zero-order valence-electron chi connectivity index (χ0n) is 12.6. The lowest BCUT2D eigenvalue weighted by molar-refractivity contribution is 0.497. The molecular weight excluding hydrogens is 276 g/mol. The Balaban J connectivity index is 1.63. The van der Waals surface area contributed by atoms with Crippen molar-refractivity contribution in [3.63, 3.8) is 0 Å². The first-order chi connectivity index (χ1) is 10.8. The fourth-order valence-corrected chi connectivity index (χ4v) is 3.21. The summed E-state index contributed by atoms with van der Waals surface area (Å²) in [7, 11) is 0. The number of imidazole rings is 1. The Bertz CT molecular complexity index is 782. The Morgan fingerprint density at radius 3 is 3.09 bits per heavy atom. The van der Waals surface area contributed by atoms with Gasteiger partial charge < -0.3 is 4.90 Å². The van der Waals surface area contributed by atoms with E-state index in [-0.39, 0.29) is 0 Å². The number of hydrogen-bond donors (Lipinski definition) is 0. The lowest BCUT2D eigenvalue weighted by Crippen LogP contribution is -2.35. The van der Waals surface area contributed by atoms with Crippen LogP contribution in [0, 0.1) is 6.92 Å². The van der Waals surface area contributed by atoms with Crippen LogP contribution in [0.3, 0.4) is 0 Å². The second-order valence-corrected chi connectivity index (χ2v) is 5.77. The zero-order chi connectivity index (χ0) is 14.9. The van der Waals surface area contributed by atoms with Crippen molar-refractivity contribution in [2.45, 2.75) is 25.7 Å². The second kappa shape index (κ2) is 5.36. The number of rotatable bonds is 2. The number of fused-ring (bicyclic) bond motifs is 1. The Kier molecular flexibility index (Phi) is 3.21. The molecule has 0 unspecified atom stereocenters. The minimum atomic E-state index is 0.433. The molecule has 0 spiro atoms. The van der Waals surface area contributed by atoms with Crippen LogP contribution in [0.25, 0.3) is 5.52 Å². The quantitative estimate of drug-likeness (QED) is 0.725. The highest BCUT2D eigenvalue weighted by atomic mass is 15.2. The molecule has 6 heteroatoms. The topological polar surface area (TPSA) is 59.2 Å². The minimum Gasteiger partial charge on any atom is -0.356 e. The molecule has 0 bridgehead atoms. The van der Waals surface area contributed by atoms with E-state index in [2.05, 4.69) is 25.9 Å². The normalized spacial score (nSPS) is 18.8. The van der Waals surface area contributed by atoms with Gasteiger partial charge in [0.1, 0.15) is 24.3 Å². The van der Waals surface area contributed by atoms with Crippen molar-refractivity contribution in [2.75, 3.05) is 18.0 Å². The van der Waals surface area contributed by atoms with Crippen molar-refractivity contribution < 1.29 is 0 Å². The molecule has 0 aromatic carbocycles. The van der Waals surface area contributed by atoms with Crippen molar-refractivity contribution in [3.05, 3.63) is 48.7 Å². The first-order valence-electron chi connectivity index (χ1n) is 7.62. The summed E-state index contributed by atoms with van der Waals surface area (Å²) < 4.78 is 2.02. The van der Waals surface area contributed by atoms with Crippen LogP contribution >= 0.6 is 0 Å². The van der Waals surface area contributed by atoms with E-state index >= 15 is 0 Å². The average Bonchev–Trinajstić information content (AvgIpc) is 3.05. The van der Waals surface area contributed by atoms with Crippen molar-refractivity contribution in [3.8, 4) is 0 Å². The molecule has 112 valence electrons. The van der Waals surface area contributed by atoms with Gasteiger partial charge in [-0.25, -0.2) is 19.9 Å². The molecule has 3 aromatic heterocycles. The van der Waals surface area contributed by atoms with Gasteiger partial charge in [-0.15, -0.1) is 0 Å². The fraction of sp³-hybridized carbons (Fsp3) is 0.375. The number of anilines is 1. The van der Waals surface area contributed by atoms with Gasteiger partial charge in [0.05, 0.1) is 11.7 Å². The van der Waals surface area contributed by atoms with E-state index in [1.165, 1.54) is 6.42 Å². The average molecular weight is 294 g/mol. The third-order valence-electron chi connectivity index (χ3n) is 4.33. The predicted molar refractivity (Wildman–Crippen MR) is 83.9 cm³/mol. The van der Waals surface area contributed by atoms with Crippen LogP contribution in [0.15, 0.2) is 37.2 Å². The molecular formula is C16H18N6. The van der Waals surface area contributed by atoms with Crippen LogP contribution in [0.1, 0.15) is 30.3 Å². The highest BCUT2D eigenvalue weighted by Gasteiger charge is 2.24. The number of hydrogen-bond acceptors (Lipinski definition) is 5. The molecule has 1 atom stereocenters. The van der Waals surface area contributed by atoms with Crippen LogP contribution in [0.5, 0.6) is 0 Å². The van der Waals surface area contributed by atoms with E-state index in [0.717, 1.165) is 42.4 Å². The van der Waals surface area contributed by atoms with Gasteiger partial charge in [0, 0.05) is 30.9 Å². The van der Waals surface area contributed by atoms with E-state index in [9.17, 15) is 0 Å². The van der Waals surface area contributed by atoms with Gasteiger partial charge in [0.25, 0.3) is 0 Å². The van der Waals surface area contributed by atoms with E-state index in [0.29, 0.717) is 5.92 Å². The summed E-state index contributed by atoms with van der Waals surface area (Å²) in [6, 6.07) is 4.13. The molecule has 1 saturated heterocycles. The monoisotopic (exact) mass is 294 g/mol. The minimum absolute atomic E-state index is 0.433. The van der Waals surface area contributed by atoms with Crippen molar-refractivity contribution in [2.24, 2.45) is 0 Å². The van der Waals surface area contributed by atoms with Gasteiger partial charge in [-0.2, -0.15) is 0 Å². The molecule has 4 rings (SSSR count). The van der Waals surface area contributed by atoms with E-state index in [1.807, 2.05) is 29.9 Å². The number of piperidine rings is 1. The summed E-state index contributed by atoms with van der Waals surface area (Å²) in [5.74, 6) is 2.42. The van der Waals surface area contributed by atoms with E-state index in [1.54, 1.807) is 12.5 Å². The fourth-order valence-electron chi connectivity index (χ4n) is 3.21. The first-order valence-corrected chi connectivity index (χ1v) is 7.62. The molecule has 1 aliphatic heterocycles. The molecule has 6 nitrogen and oxygen atoms in total. The summed E-state index contributed by atoms with van der Waals surface area (Å²) in [5.41, 5.74) is 2.27. The largest absolute Gasteiger partial charge is 0.356 e. The highest BCUT2D eigenvalue weighted by molar-refractivity contribution is 5.47. The molecule has 1 fully saturated rings. The van der Waals surface area contributed by atoms with E-state index in [4.69, 9.17) is 4.98 Å². The van der Waals surface area contributed by atoms with Gasteiger partial charge in [-0.05, 0) is 31.9 Å². The Labute approximate surface area is 128 Å². The van der Waals surface area contributed by atoms with E-state index < -0.39 is 0 Å². The third kappa shape index (κ3) is 2.30. The second-order valence-electron chi connectivity index (χ2n) is 5.77. The lowest BCUT2D eigenvalue weighted by atomic mass is 9.94. The van der Waals surface area contributed by atoms with Crippen molar-refractivity contribution in [1.82, 2.24) is 24.3 Å². The first kappa shape index (κ1) is 13.2. The predicted octanol–water partition coefficient (Wildman–Crippen LogP) is 2.21. The van der Waals surface area contributed by atoms with Gasteiger partial charge in [-0.3, -0.25) is 4.40 Å². The maximum absolute atomic E-state index is 4.79. The molecule has 3 aromatic rings. The van der Waals surface area contributed by atoms with Gasteiger partial charge in [0.15, 0.2) is 0 Å². The standard InChI is InChI=1S/C16H18N6/c1-12-20-15(7-14-8-18-11-22(12)14)13-3-2-6-21(9-13)16-4-5-17-10-19-16/h4-5,7-8,10-11,13H,2-3,6,9H2,1H3/t13-/m1/s1. The molecule has 22 heavy (non-hydrogen) atoms. The van der Waals surface area contributed by atoms with Gasteiger partial charge in [-0.1, -0.05) is 0 Å². The molecule has 0 amide bonds. The maximum Gasteiger partial charge on any atom is 0.131 e. The third-order valence-corrected chi connectivity index (χ3v) is 4.33. The van der Waals surface area contributed by atoms with Crippen LogP contribution in [0.2, 0.25) is 0 Å². The molecule has 0 aliphatic carbocycles. The Hall–Kier alpha value is -2.50. The highest BCUT2D eigenvalue weighted by Crippen LogP contribution is 2.28. The van der Waals surface area contributed by atoms with Crippen LogP contribution in [-0.4, -0.2) is 37.4 Å². The summed E-state index contributed by atoms with van der Waals surface area (Å²) in [6.07, 6.45) is 9.43. The molecule has 0 radical (unpaired) electrons. The summed E-state index contributed by atoms with van der Waals surface area (Å²) in [5, 5.41) is 0. The maximum atomic E-state index is 4.79. The molecule has 4 heterocycles. The van der Waals surface area contributed by atoms with Crippen molar-refractivity contribution in [1.29, 1.82) is 0 Å². The molecule has 1 aliphatic rings. The summed E-state index contributed by atoms with van der Waals surface area (Å²) in [4.78, 5) is 19.7. The summed E-state index contributed by atoms with van der Waals surface area (Å²) in [6.45, 7) is 4.03. The van der Waals surface area contributed by atoms with Crippen LogP contribution in [0.4, 0.5) is 5.82 Å².